The third-order valence-electron chi connectivity index (χ3n) is 4.68. The molecule has 2 atom stereocenters. The molecule has 2 rings (SSSR count). The number of hydrogen-bond donors (Lipinski definition) is 2. The first-order valence-electron chi connectivity index (χ1n) is 8.35. The number of benzene rings is 1. The SMILES string of the molecule is CN(C)C(C(=O)NC(CN)C1CCCCC1)c1ccccc1. The molecule has 0 aromatic heterocycles. The van der Waals surface area contributed by atoms with E-state index >= 15 is 0 Å². The van der Waals surface area contributed by atoms with Gasteiger partial charge >= 0.3 is 0 Å². The zero-order chi connectivity index (χ0) is 15.9. The van der Waals surface area contributed by atoms with Crippen LogP contribution in [0.5, 0.6) is 0 Å². The van der Waals surface area contributed by atoms with Crippen molar-refractivity contribution in [2.24, 2.45) is 11.7 Å². The lowest BCUT2D eigenvalue weighted by Crippen LogP contribution is -2.49. The van der Waals surface area contributed by atoms with E-state index in [9.17, 15) is 4.79 Å². The van der Waals surface area contributed by atoms with Gasteiger partial charge in [-0.25, -0.2) is 0 Å². The topological polar surface area (TPSA) is 58.4 Å². The summed E-state index contributed by atoms with van der Waals surface area (Å²) in [5.41, 5.74) is 6.96. The summed E-state index contributed by atoms with van der Waals surface area (Å²) in [6, 6.07) is 9.75. The number of hydrogen-bond acceptors (Lipinski definition) is 3. The maximum atomic E-state index is 12.8. The van der Waals surface area contributed by atoms with Gasteiger partial charge in [0.15, 0.2) is 0 Å². The van der Waals surface area contributed by atoms with Gasteiger partial charge in [0.05, 0.1) is 0 Å². The number of amides is 1. The Labute approximate surface area is 134 Å². The molecule has 0 saturated heterocycles. The smallest absolute Gasteiger partial charge is 0.242 e. The molecule has 4 heteroatoms. The van der Waals surface area contributed by atoms with E-state index in [-0.39, 0.29) is 18.0 Å². The second kappa shape index (κ2) is 8.30. The lowest BCUT2D eigenvalue weighted by atomic mass is 9.83. The number of nitrogens with zero attached hydrogens (tertiary/aromatic N) is 1. The van der Waals surface area contributed by atoms with Gasteiger partial charge in [0, 0.05) is 12.6 Å². The molecule has 1 saturated carbocycles. The second-order valence-electron chi connectivity index (χ2n) is 6.53. The van der Waals surface area contributed by atoms with Crippen molar-refractivity contribution >= 4 is 5.91 Å². The van der Waals surface area contributed by atoms with E-state index in [1.54, 1.807) is 0 Å². The average Bonchev–Trinajstić information content (AvgIpc) is 2.54. The third-order valence-corrected chi connectivity index (χ3v) is 4.68. The molecule has 1 aromatic rings. The molecule has 3 N–H and O–H groups in total. The van der Waals surface area contributed by atoms with Gasteiger partial charge in [-0.1, -0.05) is 49.6 Å². The van der Waals surface area contributed by atoms with Crippen LogP contribution in [0.1, 0.15) is 43.7 Å². The monoisotopic (exact) mass is 303 g/mol. The summed E-state index contributed by atoms with van der Waals surface area (Å²) in [5.74, 6) is 0.582. The van der Waals surface area contributed by atoms with Crippen molar-refractivity contribution in [2.45, 2.75) is 44.2 Å². The Kier molecular flexibility index (Phi) is 6.40. The normalized spacial score (nSPS) is 18.9. The van der Waals surface area contributed by atoms with Gasteiger partial charge in [-0.3, -0.25) is 9.69 Å². The number of likely N-dealkylation sites (N-methyl/N-ethyl adjacent to an activating group) is 1. The number of carbonyl (C=O) groups is 1. The first kappa shape index (κ1) is 17.0. The van der Waals surface area contributed by atoms with E-state index < -0.39 is 0 Å². The van der Waals surface area contributed by atoms with E-state index in [4.69, 9.17) is 5.73 Å². The van der Waals surface area contributed by atoms with Crippen LogP contribution in [0, 0.1) is 5.92 Å². The Bertz CT molecular complexity index is 455. The molecule has 1 amide bonds. The molecule has 0 spiro atoms. The standard InChI is InChI=1S/C18H29N3O/c1-21(2)17(15-11-7-4-8-12-15)18(22)20-16(13-19)14-9-5-3-6-10-14/h4,7-8,11-12,14,16-17H,3,5-6,9-10,13,19H2,1-2H3,(H,20,22). The maximum Gasteiger partial charge on any atom is 0.242 e. The molecule has 0 heterocycles. The summed E-state index contributed by atoms with van der Waals surface area (Å²) in [5, 5.41) is 3.21. The molecule has 22 heavy (non-hydrogen) atoms. The molecule has 0 radical (unpaired) electrons. The van der Waals surface area contributed by atoms with Crippen LogP contribution < -0.4 is 11.1 Å². The number of rotatable bonds is 6. The van der Waals surface area contributed by atoms with Crippen LogP contribution in [0.2, 0.25) is 0 Å². The molecule has 122 valence electrons. The summed E-state index contributed by atoms with van der Waals surface area (Å²) >= 11 is 0. The fraction of sp³-hybridized carbons (Fsp3) is 0.611. The lowest BCUT2D eigenvalue weighted by Gasteiger charge is -2.32. The maximum absolute atomic E-state index is 12.8. The molecule has 1 fully saturated rings. The fourth-order valence-electron chi connectivity index (χ4n) is 3.49. The van der Waals surface area contributed by atoms with Crippen LogP contribution in [0.4, 0.5) is 0 Å². The number of nitrogens with one attached hydrogen (secondary N) is 1. The molecule has 1 aromatic carbocycles. The predicted molar refractivity (Wildman–Crippen MR) is 90.4 cm³/mol. The minimum absolute atomic E-state index is 0.0530. The van der Waals surface area contributed by atoms with E-state index in [2.05, 4.69) is 5.32 Å². The Morgan fingerprint density at radius 2 is 1.86 bits per heavy atom. The third kappa shape index (κ3) is 4.31. The van der Waals surface area contributed by atoms with Crippen molar-refractivity contribution in [3.63, 3.8) is 0 Å². The van der Waals surface area contributed by atoms with Crippen LogP contribution in [0.3, 0.4) is 0 Å². The van der Waals surface area contributed by atoms with Crippen molar-refractivity contribution in [1.82, 2.24) is 10.2 Å². The van der Waals surface area contributed by atoms with Crippen molar-refractivity contribution < 1.29 is 4.79 Å². The summed E-state index contributed by atoms with van der Waals surface area (Å²) in [4.78, 5) is 14.7. The van der Waals surface area contributed by atoms with Gasteiger partial charge < -0.3 is 11.1 Å². The Morgan fingerprint density at radius 3 is 2.41 bits per heavy atom. The van der Waals surface area contributed by atoms with E-state index in [1.807, 2.05) is 49.3 Å². The summed E-state index contributed by atoms with van der Waals surface area (Å²) in [6.07, 6.45) is 6.19. The highest BCUT2D eigenvalue weighted by atomic mass is 16.2. The second-order valence-corrected chi connectivity index (χ2v) is 6.53. The van der Waals surface area contributed by atoms with E-state index in [0.717, 1.165) is 5.56 Å². The summed E-state index contributed by atoms with van der Waals surface area (Å²) in [7, 11) is 3.88. The largest absolute Gasteiger partial charge is 0.350 e. The highest BCUT2D eigenvalue weighted by Crippen LogP contribution is 2.27. The van der Waals surface area contributed by atoms with Crippen LogP contribution in [0.25, 0.3) is 0 Å². The molecule has 0 bridgehead atoms. The van der Waals surface area contributed by atoms with Gasteiger partial charge in [-0.2, -0.15) is 0 Å². The highest BCUT2D eigenvalue weighted by Gasteiger charge is 2.28. The van der Waals surface area contributed by atoms with E-state index in [1.165, 1.54) is 32.1 Å². The minimum atomic E-state index is -0.265. The molecule has 1 aliphatic rings. The molecular formula is C18H29N3O. The molecule has 4 nitrogen and oxygen atoms in total. The molecule has 0 aliphatic heterocycles. The van der Waals surface area contributed by atoms with Crippen molar-refractivity contribution in [3.05, 3.63) is 35.9 Å². The first-order chi connectivity index (χ1) is 10.6. The Balaban J connectivity index is 2.06. The average molecular weight is 303 g/mol. The first-order valence-corrected chi connectivity index (χ1v) is 8.35. The van der Waals surface area contributed by atoms with Gasteiger partial charge in [0.2, 0.25) is 5.91 Å². The molecule has 2 unspecified atom stereocenters. The number of nitrogens with two attached hydrogens (primary N) is 1. The van der Waals surface area contributed by atoms with Crippen LogP contribution in [-0.4, -0.2) is 37.5 Å². The van der Waals surface area contributed by atoms with Gasteiger partial charge in [-0.05, 0) is 38.4 Å². The van der Waals surface area contributed by atoms with Crippen molar-refractivity contribution in [2.75, 3.05) is 20.6 Å². The van der Waals surface area contributed by atoms with Crippen LogP contribution in [-0.2, 0) is 4.79 Å². The zero-order valence-corrected chi connectivity index (χ0v) is 13.8. The van der Waals surface area contributed by atoms with Gasteiger partial charge in [-0.15, -0.1) is 0 Å². The van der Waals surface area contributed by atoms with Gasteiger partial charge in [0.25, 0.3) is 0 Å². The van der Waals surface area contributed by atoms with Crippen molar-refractivity contribution in [3.8, 4) is 0 Å². The van der Waals surface area contributed by atoms with Crippen LogP contribution in [0.15, 0.2) is 30.3 Å². The van der Waals surface area contributed by atoms with Crippen molar-refractivity contribution in [1.29, 1.82) is 0 Å². The predicted octanol–water partition coefficient (Wildman–Crippen LogP) is 2.31. The van der Waals surface area contributed by atoms with Gasteiger partial charge in [0.1, 0.15) is 6.04 Å². The fourth-order valence-corrected chi connectivity index (χ4v) is 3.49. The van der Waals surface area contributed by atoms with Crippen LogP contribution >= 0.6 is 0 Å². The highest BCUT2D eigenvalue weighted by molar-refractivity contribution is 5.83. The quantitative estimate of drug-likeness (QED) is 0.848. The zero-order valence-electron chi connectivity index (χ0n) is 13.8. The van der Waals surface area contributed by atoms with E-state index in [0.29, 0.717) is 12.5 Å². The number of carbonyl (C=O) groups excluding carboxylic acids is 1. The molecule has 1 aliphatic carbocycles. The molecular weight excluding hydrogens is 274 g/mol. The summed E-state index contributed by atoms with van der Waals surface area (Å²) in [6.45, 7) is 0.519. The Hall–Kier alpha value is -1.39. The minimum Gasteiger partial charge on any atom is -0.350 e. The summed E-state index contributed by atoms with van der Waals surface area (Å²) < 4.78 is 0. The lowest BCUT2D eigenvalue weighted by molar-refractivity contribution is -0.126. The Morgan fingerprint density at radius 1 is 1.23 bits per heavy atom.